The zero-order valence-corrected chi connectivity index (χ0v) is 15.9. The van der Waals surface area contributed by atoms with Gasteiger partial charge in [-0.1, -0.05) is 12.1 Å². The molecule has 0 aliphatic carbocycles. The van der Waals surface area contributed by atoms with Crippen molar-refractivity contribution in [1.29, 1.82) is 0 Å². The molecule has 0 amide bonds. The van der Waals surface area contributed by atoms with Crippen molar-refractivity contribution in [2.75, 3.05) is 38.4 Å². The van der Waals surface area contributed by atoms with E-state index >= 15 is 0 Å². The van der Waals surface area contributed by atoms with Crippen LogP contribution in [0.3, 0.4) is 0 Å². The number of methoxy groups -OCH3 is 1. The van der Waals surface area contributed by atoms with Gasteiger partial charge in [0.05, 0.1) is 7.11 Å². The third-order valence-electron chi connectivity index (χ3n) is 5.43. The minimum atomic E-state index is 0.310. The van der Waals surface area contributed by atoms with Crippen LogP contribution in [-0.4, -0.2) is 44.6 Å². The summed E-state index contributed by atoms with van der Waals surface area (Å²) in [5.74, 6) is 3.55. The number of nitrogens with one attached hydrogen (secondary N) is 1. The molecule has 1 aromatic heterocycles. The van der Waals surface area contributed by atoms with Crippen molar-refractivity contribution >= 4 is 16.6 Å². The van der Waals surface area contributed by atoms with E-state index in [1.165, 1.54) is 10.9 Å². The standard InChI is InChI=1S/C22H23N3O3/c1-26-18-4-3-16-6-7-24-22(19(16)12-18)25-9-8-23-17(13-25)10-15-2-5-20-21(11-15)28-14-27-20/h2-7,11-12,17,23H,8-10,13-14H2,1H3. The Morgan fingerprint density at radius 2 is 2.07 bits per heavy atom. The van der Waals surface area contributed by atoms with E-state index in [2.05, 4.69) is 34.5 Å². The number of pyridine rings is 1. The second-order valence-corrected chi connectivity index (χ2v) is 7.21. The lowest BCUT2D eigenvalue weighted by Crippen LogP contribution is -2.52. The topological polar surface area (TPSA) is 55.9 Å². The lowest BCUT2D eigenvalue weighted by Gasteiger charge is -2.35. The van der Waals surface area contributed by atoms with Crippen LogP contribution in [0.15, 0.2) is 48.7 Å². The first-order valence-corrected chi connectivity index (χ1v) is 9.60. The molecule has 1 atom stereocenters. The van der Waals surface area contributed by atoms with Crippen LogP contribution in [0.25, 0.3) is 10.8 Å². The normalized spacial score (nSPS) is 18.5. The van der Waals surface area contributed by atoms with Crippen LogP contribution in [-0.2, 0) is 6.42 Å². The molecular weight excluding hydrogens is 354 g/mol. The first-order chi connectivity index (χ1) is 13.8. The van der Waals surface area contributed by atoms with Crippen molar-refractivity contribution in [2.45, 2.75) is 12.5 Å². The van der Waals surface area contributed by atoms with E-state index in [1.807, 2.05) is 24.4 Å². The molecule has 144 valence electrons. The van der Waals surface area contributed by atoms with Crippen LogP contribution < -0.4 is 24.4 Å². The fraction of sp³-hybridized carbons (Fsp3) is 0.318. The highest BCUT2D eigenvalue weighted by molar-refractivity contribution is 5.93. The highest BCUT2D eigenvalue weighted by Gasteiger charge is 2.23. The lowest BCUT2D eigenvalue weighted by molar-refractivity contribution is 0.174. The Labute approximate surface area is 164 Å². The van der Waals surface area contributed by atoms with Gasteiger partial charge in [0, 0.05) is 37.3 Å². The molecule has 6 nitrogen and oxygen atoms in total. The molecule has 0 bridgehead atoms. The molecule has 5 rings (SSSR count). The van der Waals surface area contributed by atoms with Gasteiger partial charge in [-0.05, 0) is 47.7 Å². The molecule has 0 saturated carbocycles. The predicted octanol–water partition coefficient (Wildman–Crippen LogP) is 2.99. The number of ether oxygens (including phenoxy) is 3. The minimum absolute atomic E-state index is 0.310. The smallest absolute Gasteiger partial charge is 0.231 e. The third kappa shape index (κ3) is 3.20. The van der Waals surface area contributed by atoms with Gasteiger partial charge in [0.1, 0.15) is 11.6 Å². The van der Waals surface area contributed by atoms with E-state index in [0.717, 1.165) is 54.5 Å². The molecule has 1 fully saturated rings. The van der Waals surface area contributed by atoms with Gasteiger partial charge in [-0.3, -0.25) is 0 Å². The zero-order valence-electron chi connectivity index (χ0n) is 15.9. The van der Waals surface area contributed by atoms with Crippen molar-refractivity contribution in [3.63, 3.8) is 0 Å². The zero-order chi connectivity index (χ0) is 18.9. The van der Waals surface area contributed by atoms with Crippen molar-refractivity contribution in [3.8, 4) is 17.2 Å². The Balaban J connectivity index is 1.38. The van der Waals surface area contributed by atoms with Crippen molar-refractivity contribution in [1.82, 2.24) is 10.3 Å². The second-order valence-electron chi connectivity index (χ2n) is 7.21. The summed E-state index contributed by atoms with van der Waals surface area (Å²) >= 11 is 0. The number of hydrogen-bond donors (Lipinski definition) is 1. The van der Waals surface area contributed by atoms with Crippen LogP contribution in [0.4, 0.5) is 5.82 Å². The van der Waals surface area contributed by atoms with Gasteiger partial charge in [0.2, 0.25) is 6.79 Å². The van der Waals surface area contributed by atoms with E-state index in [9.17, 15) is 0 Å². The van der Waals surface area contributed by atoms with Crippen LogP contribution >= 0.6 is 0 Å². The number of piperazine rings is 1. The Hall–Kier alpha value is -2.99. The summed E-state index contributed by atoms with van der Waals surface area (Å²) in [5, 5.41) is 5.95. The SMILES string of the molecule is COc1ccc2ccnc(N3CCNC(Cc4ccc5c(c4)OCO5)C3)c2c1. The molecule has 2 aliphatic heterocycles. The van der Waals surface area contributed by atoms with Gasteiger partial charge >= 0.3 is 0 Å². The maximum atomic E-state index is 5.51. The summed E-state index contributed by atoms with van der Waals surface area (Å²) in [6, 6.07) is 14.8. The number of anilines is 1. The van der Waals surface area contributed by atoms with E-state index in [4.69, 9.17) is 19.2 Å². The van der Waals surface area contributed by atoms with E-state index in [0.29, 0.717) is 12.8 Å². The quantitative estimate of drug-likeness (QED) is 0.754. The van der Waals surface area contributed by atoms with Crippen LogP contribution in [0, 0.1) is 0 Å². The molecule has 1 unspecified atom stereocenters. The van der Waals surface area contributed by atoms with Crippen molar-refractivity contribution in [3.05, 3.63) is 54.2 Å². The van der Waals surface area contributed by atoms with Crippen LogP contribution in [0.5, 0.6) is 17.2 Å². The molecule has 0 radical (unpaired) electrons. The highest BCUT2D eigenvalue weighted by atomic mass is 16.7. The first kappa shape index (κ1) is 17.1. The molecule has 6 heteroatoms. The number of fused-ring (bicyclic) bond motifs is 2. The Bertz CT molecular complexity index is 1010. The molecule has 1 N–H and O–H groups in total. The molecule has 2 aliphatic rings. The number of rotatable bonds is 4. The van der Waals surface area contributed by atoms with Crippen LogP contribution in [0.1, 0.15) is 5.56 Å². The Morgan fingerprint density at radius 3 is 3.00 bits per heavy atom. The van der Waals surface area contributed by atoms with E-state index < -0.39 is 0 Å². The monoisotopic (exact) mass is 377 g/mol. The average molecular weight is 377 g/mol. The van der Waals surface area contributed by atoms with Gasteiger partial charge < -0.3 is 24.4 Å². The third-order valence-corrected chi connectivity index (χ3v) is 5.43. The maximum absolute atomic E-state index is 5.51. The van der Waals surface area contributed by atoms with E-state index in [-0.39, 0.29) is 0 Å². The van der Waals surface area contributed by atoms with Crippen molar-refractivity contribution in [2.24, 2.45) is 0 Å². The minimum Gasteiger partial charge on any atom is -0.497 e. The van der Waals surface area contributed by atoms with E-state index in [1.54, 1.807) is 7.11 Å². The predicted molar refractivity (Wildman–Crippen MR) is 109 cm³/mol. The van der Waals surface area contributed by atoms with Crippen LogP contribution in [0.2, 0.25) is 0 Å². The lowest BCUT2D eigenvalue weighted by atomic mass is 10.0. The molecule has 3 aromatic rings. The average Bonchev–Trinajstić information content (AvgIpc) is 3.21. The molecule has 2 aromatic carbocycles. The maximum Gasteiger partial charge on any atom is 0.231 e. The molecule has 0 spiro atoms. The molecule has 1 saturated heterocycles. The number of aromatic nitrogens is 1. The number of hydrogen-bond acceptors (Lipinski definition) is 6. The summed E-state index contributed by atoms with van der Waals surface area (Å²) < 4.78 is 16.3. The van der Waals surface area contributed by atoms with Gasteiger partial charge in [0.25, 0.3) is 0 Å². The first-order valence-electron chi connectivity index (χ1n) is 9.60. The molecular formula is C22H23N3O3. The highest BCUT2D eigenvalue weighted by Crippen LogP contribution is 2.33. The fourth-order valence-electron chi connectivity index (χ4n) is 4.02. The Morgan fingerprint density at radius 1 is 1.14 bits per heavy atom. The number of nitrogens with zero attached hydrogens (tertiary/aromatic N) is 2. The Kier molecular flexibility index (Phi) is 4.41. The molecule has 28 heavy (non-hydrogen) atoms. The fourth-order valence-corrected chi connectivity index (χ4v) is 4.02. The summed E-state index contributed by atoms with van der Waals surface area (Å²) in [7, 11) is 1.70. The summed E-state index contributed by atoms with van der Waals surface area (Å²) in [5.41, 5.74) is 1.25. The summed E-state index contributed by atoms with van der Waals surface area (Å²) in [6.07, 6.45) is 2.82. The summed E-state index contributed by atoms with van der Waals surface area (Å²) in [4.78, 5) is 7.07. The summed E-state index contributed by atoms with van der Waals surface area (Å²) in [6.45, 7) is 3.07. The van der Waals surface area contributed by atoms with Gasteiger partial charge in [-0.25, -0.2) is 4.98 Å². The van der Waals surface area contributed by atoms with Crippen molar-refractivity contribution < 1.29 is 14.2 Å². The number of benzene rings is 2. The second kappa shape index (κ2) is 7.20. The van der Waals surface area contributed by atoms with Gasteiger partial charge in [-0.2, -0.15) is 0 Å². The largest absolute Gasteiger partial charge is 0.497 e. The van der Waals surface area contributed by atoms with Gasteiger partial charge in [-0.15, -0.1) is 0 Å². The molecule has 3 heterocycles. The van der Waals surface area contributed by atoms with Gasteiger partial charge in [0.15, 0.2) is 11.5 Å².